The summed E-state index contributed by atoms with van der Waals surface area (Å²) in [5.41, 5.74) is 1.06. The first-order chi connectivity index (χ1) is 12.6. The SMILES string of the molecule is O=C(O)c1ccccc1OC[C@H]1CNCCO[C@H]1c1ccc(Cl)c(Cl)c1. The summed E-state index contributed by atoms with van der Waals surface area (Å²) in [5.74, 6) is -0.689. The van der Waals surface area contributed by atoms with Crippen molar-refractivity contribution < 1.29 is 19.4 Å². The van der Waals surface area contributed by atoms with Crippen LogP contribution in [0.1, 0.15) is 22.0 Å². The van der Waals surface area contributed by atoms with Crippen LogP contribution in [-0.4, -0.2) is 37.4 Å². The van der Waals surface area contributed by atoms with Crippen molar-refractivity contribution in [1.29, 1.82) is 0 Å². The molecule has 0 radical (unpaired) electrons. The third-order valence-electron chi connectivity index (χ3n) is 4.25. The predicted molar refractivity (Wildman–Crippen MR) is 100 cm³/mol. The van der Waals surface area contributed by atoms with Crippen LogP contribution in [0.25, 0.3) is 0 Å². The molecule has 1 aliphatic heterocycles. The van der Waals surface area contributed by atoms with E-state index in [1.54, 1.807) is 30.3 Å². The van der Waals surface area contributed by atoms with E-state index in [9.17, 15) is 9.90 Å². The fourth-order valence-electron chi connectivity index (χ4n) is 2.96. The third-order valence-corrected chi connectivity index (χ3v) is 4.99. The van der Waals surface area contributed by atoms with Gasteiger partial charge in [0.1, 0.15) is 11.3 Å². The quantitative estimate of drug-likeness (QED) is 0.798. The van der Waals surface area contributed by atoms with Gasteiger partial charge in [0.15, 0.2) is 0 Å². The maximum absolute atomic E-state index is 11.3. The van der Waals surface area contributed by atoms with E-state index in [2.05, 4.69) is 5.32 Å². The zero-order chi connectivity index (χ0) is 18.5. The molecule has 3 rings (SSSR count). The Bertz CT molecular complexity index is 784. The van der Waals surface area contributed by atoms with Crippen LogP contribution in [0.15, 0.2) is 42.5 Å². The summed E-state index contributed by atoms with van der Waals surface area (Å²) < 4.78 is 11.8. The molecule has 0 amide bonds. The minimum atomic E-state index is -1.02. The maximum atomic E-state index is 11.3. The molecule has 138 valence electrons. The van der Waals surface area contributed by atoms with Crippen LogP contribution in [0.5, 0.6) is 5.75 Å². The van der Waals surface area contributed by atoms with E-state index >= 15 is 0 Å². The molecule has 1 heterocycles. The number of hydrogen-bond donors (Lipinski definition) is 2. The first-order valence-electron chi connectivity index (χ1n) is 8.28. The molecule has 0 aromatic heterocycles. The topological polar surface area (TPSA) is 67.8 Å². The minimum absolute atomic E-state index is 0.0170. The highest BCUT2D eigenvalue weighted by molar-refractivity contribution is 6.42. The van der Waals surface area contributed by atoms with E-state index in [-0.39, 0.29) is 17.6 Å². The third kappa shape index (κ3) is 4.48. The highest BCUT2D eigenvalue weighted by atomic mass is 35.5. The van der Waals surface area contributed by atoms with Crippen molar-refractivity contribution in [3.63, 3.8) is 0 Å². The molecule has 0 spiro atoms. The molecule has 5 nitrogen and oxygen atoms in total. The van der Waals surface area contributed by atoms with Crippen LogP contribution in [-0.2, 0) is 4.74 Å². The van der Waals surface area contributed by atoms with Crippen LogP contribution in [0.4, 0.5) is 0 Å². The van der Waals surface area contributed by atoms with Gasteiger partial charge in [-0.2, -0.15) is 0 Å². The standard InChI is InChI=1S/C19H19Cl2NO4/c20-15-6-5-12(9-16(15)21)18-13(10-22-7-8-25-18)11-26-17-4-2-1-3-14(17)19(23)24/h1-6,9,13,18,22H,7-8,10-11H2,(H,23,24)/t13-,18+/m1/s1. The van der Waals surface area contributed by atoms with Crippen LogP contribution >= 0.6 is 23.2 Å². The van der Waals surface area contributed by atoms with Crippen molar-refractivity contribution in [1.82, 2.24) is 5.32 Å². The van der Waals surface area contributed by atoms with E-state index in [0.717, 1.165) is 12.1 Å². The van der Waals surface area contributed by atoms with Gasteiger partial charge >= 0.3 is 5.97 Å². The fraction of sp³-hybridized carbons (Fsp3) is 0.316. The summed E-state index contributed by atoms with van der Waals surface area (Å²) >= 11 is 12.2. The Kier molecular flexibility index (Phi) is 6.38. The maximum Gasteiger partial charge on any atom is 0.339 e. The lowest BCUT2D eigenvalue weighted by atomic mass is 9.96. The van der Waals surface area contributed by atoms with Crippen LogP contribution in [0.2, 0.25) is 10.0 Å². The number of aromatic carboxylic acids is 1. The van der Waals surface area contributed by atoms with Crippen molar-refractivity contribution in [2.75, 3.05) is 26.3 Å². The molecule has 1 saturated heterocycles. The molecule has 2 N–H and O–H groups in total. The summed E-state index contributed by atoms with van der Waals surface area (Å²) in [6, 6.07) is 12.0. The Hall–Kier alpha value is -1.79. The molecule has 0 bridgehead atoms. The molecule has 26 heavy (non-hydrogen) atoms. The zero-order valence-corrected chi connectivity index (χ0v) is 15.5. The summed E-state index contributed by atoms with van der Waals surface area (Å²) in [5, 5.41) is 13.6. The van der Waals surface area contributed by atoms with Crippen molar-refractivity contribution in [3.05, 3.63) is 63.6 Å². The molecular formula is C19H19Cl2NO4. The number of ether oxygens (including phenoxy) is 2. The Labute approximate surface area is 161 Å². The van der Waals surface area contributed by atoms with Crippen molar-refractivity contribution >= 4 is 29.2 Å². The average Bonchev–Trinajstić information content (AvgIpc) is 2.88. The van der Waals surface area contributed by atoms with Crippen LogP contribution < -0.4 is 10.1 Å². The van der Waals surface area contributed by atoms with Crippen molar-refractivity contribution in [2.45, 2.75) is 6.10 Å². The highest BCUT2D eigenvalue weighted by Gasteiger charge is 2.28. The summed E-state index contributed by atoms with van der Waals surface area (Å²) in [4.78, 5) is 11.3. The molecule has 1 fully saturated rings. The lowest BCUT2D eigenvalue weighted by Crippen LogP contribution is -2.29. The summed E-state index contributed by atoms with van der Waals surface area (Å²) in [6.45, 7) is 2.29. The van der Waals surface area contributed by atoms with Gasteiger partial charge in [0.2, 0.25) is 0 Å². The number of hydrogen-bond acceptors (Lipinski definition) is 4. The van der Waals surface area contributed by atoms with Gasteiger partial charge < -0.3 is 19.9 Å². The Morgan fingerprint density at radius 1 is 1.23 bits per heavy atom. The second-order valence-electron chi connectivity index (χ2n) is 6.04. The van der Waals surface area contributed by atoms with Crippen LogP contribution in [0, 0.1) is 5.92 Å². The number of carboxylic acid groups (broad SMARTS) is 1. The fourth-order valence-corrected chi connectivity index (χ4v) is 3.27. The van der Waals surface area contributed by atoms with Gasteiger partial charge in [-0.1, -0.05) is 41.4 Å². The second kappa shape index (κ2) is 8.73. The molecule has 0 aliphatic carbocycles. The van der Waals surface area contributed by atoms with Gasteiger partial charge in [-0.05, 0) is 29.8 Å². The number of rotatable bonds is 5. The van der Waals surface area contributed by atoms with Gasteiger partial charge in [0, 0.05) is 19.0 Å². The van der Waals surface area contributed by atoms with E-state index in [1.807, 2.05) is 6.07 Å². The summed E-state index contributed by atoms with van der Waals surface area (Å²) in [7, 11) is 0. The largest absolute Gasteiger partial charge is 0.492 e. The number of carboxylic acids is 1. The number of para-hydroxylation sites is 1. The van der Waals surface area contributed by atoms with E-state index < -0.39 is 5.97 Å². The monoisotopic (exact) mass is 395 g/mol. The Morgan fingerprint density at radius 2 is 2.04 bits per heavy atom. The zero-order valence-electron chi connectivity index (χ0n) is 14.0. The van der Waals surface area contributed by atoms with Gasteiger partial charge in [-0.15, -0.1) is 0 Å². The van der Waals surface area contributed by atoms with Gasteiger partial charge in [-0.25, -0.2) is 4.79 Å². The van der Waals surface area contributed by atoms with Crippen molar-refractivity contribution in [2.24, 2.45) is 5.92 Å². The lowest BCUT2D eigenvalue weighted by Gasteiger charge is -2.25. The molecule has 2 aromatic rings. The Morgan fingerprint density at radius 3 is 2.81 bits per heavy atom. The number of benzene rings is 2. The smallest absolute Gasteiger partial charge is 0.339 e. The van der Waals surface area contributed by atoms with E-state index in [1.165, 1.54) is 6.07 Å². The molecule has 0 unspecified atom stereocenters. The first-order valence-corrected chi connectivity index (χ1v) is 9.04. The summed E-state index contributed by atoms with van der Waals surface area (Å²) in [6.07, 6.45) is -0.225. The molecule has 0 saturated carbocycles. The van der Waals surface area contributed by atoms with E-state index in [0.29, 0.717) is 35.6 Å². The molecule has 7 heteroatoms. The van der Waals surface area contributed by atoms with Gasteiger partial charge in [-0.3, -0.25) is 0 Å². The number of carbonyl (C=O) groups is 1. The highest BCUT2D eigenvalue weighted by Crippen LogP contribution is 2.32. The van der Waals surface area contributed by atoms with Crippen LogP contribution in [0.3, 0.4) is 0 Å². The molecular weight excluding hydrogens is 377 g/mol. The molecule has 2 aromatic carbocycles. The normalized spacial score (nSPS) is 20.4. The first kappa shape index (κ1) is 19.0. The van der Waals surface area contributed by atoms with Gasteiger partial charge in [0.25, 0.3) is 0 Å². The molecule has 2 atom stereocenters. The lowest BCUT2D eigenvalue weighted by molar-refractivity contribution is 0.0151. The van der Waals surface area contributed by atoms with E-state index in [4.69, 9.17) is 32.7 Å². The second-order valence-corrected chi connectivity index (χ2v) is 6.86. The predicted octanol–water partition coefficient (Wildman–Crippen LogP) is 4.05. The minimum Gasteiger partial charge on any atom is -0.492 e. The number of nitrogens with one attached hydrogen (secondary N) is 1. The van der Waals surface area contributed by atoms with Crippen molar-refractivity contribution in [3.8, 4) is 5.75 Å². The Balaban J connectivity index is 1.79. The van der Waals surface area contributed by atoms with Gasteiger partial charge in [0.05, 0.1) is 29.4 Å². The average molecular weight is 396 g/mol. The molecule has 1 aliphatic rings. The number of halogens is 2.